The SMILES string of the molecule is COC(=O)c1cc(C=O)c2c(c1)OCC2. The topological polar surface area (TPSA) is 52.6 Å². The van der Waals surface area contributed by atoms with E-state index in [1.165, 1.54) is 13.2 Å². The predicted molar refractivity (Wildman–Crippen MR) is 52.4 cm³/mol. The van der Waals surface area contributed by atoms with Crippen molar-refractivity contribution in [2.24, 2.45) is 0 Å². The second kappa shape index (κ2) is 3.73. The van der Waals surface area contributed by atoms with E-state index in [2.05, 4.69) is 4.74 Å². The van der Waals surface area contributed by atoms with Crippen molar-refractivity contribution in [3.8, 4) is 5.75 Å². The molecule has 0 radical (unpaired) electrons. The highest BCUT2D eigenvalue weighted by Crippen LogP contribution is 2.29. The van der Waals surface area contributed by atoms with Gasteiger partial charge in [0, 0.05) is 17.5 Å². The highest BCUT2D eigenvalue weighted by Gasteiger charge is 2.19. The quantitative estimate of drug-likeness (QED) is 0.539. The van der Waals surface area contributed by atoms with Crippen LogP contribution < -0.4 is 4.74 Å². The summed E-state index contributed by atoms with van der Waals surface area (Å²) in [4.78, 5) is 22.1. The van der Waals surface area contributed by atoms with Gasteiger partial charge in [0.05, 0.1) is 19.3 Å². The lowest BCUT2D eigenvalue weighted by atomic mass is 10.0. The van der Waals surface area contributed by atoms with Crippen molar-refractivity contribution < 1.29 is 19.1 Å². The molecular formula is C11H10O4. The van der Waals surface area contributed by atoms with Crippen LogP contribution in [-0.4, -0.2) is 26.0 Å². The van der Waals surface area contributed by atoms with Gasteiger partial charge >= 0.3 is 5.97 Å². The number of carbonyl (C=O) groups excluding carboxylic acids is 2. The van der Waals surface area contributed by atoms with Crippen LogP contribution >= 0.6 is 0 Å². The second-order valence-corrected chi connectivity index (χ2v) is 3.25. The molecule has 0 atom stereocenters. The molecule has 1 aliphatic rings. The standard InChI is InChI=1S/C11H10O4/c1-14-11(13)7-4-8(6-12)9-2-3-15-10(9)5-7/h4-6H,2-3H2,1H3. The van der Waals surface area contributed by atoms with Crippen LogP contribution in [0.2, 0.25) is 0 Å². The van der Waals surface area contributed by atoms with Crippen molar-refractivity contribution >= 4 is 12.3 Å². The Hall–Kier alpha value is -1.84. The molecule has 0 N–H and O–H groups in total. The lowest BCUT2D eigenvalue weighted by Crippen LogP contribution is -2.03. The van der Waals surface area contributed by atoms with E-state index in [1.54, 1.807) is 6.07 Å². The van der Waals surface area contributed by atoms with E-state index in [9.17, 15) is 9.59 Å². The van der Waals surface area contributed by atoms with Crippen molar-refractivity contribution in [1.29, 1.82) is 0 Å². The highest BCUT2D eigenvalue weighted by molar-refractivity contribution is 5.93. The molecular weight excluding hydrogens is 196 g/mol. The molecule has 0 bridgehead atoms. The zero-order chi connectivity index (χ0) is 10.8. The third-order valence-corrected chi connectivity index (χ3v) is 2.40. The van der Waals surface area contributed by atoms with Crippen molar-refractivity contribution in [3.05, 3.63) is 28.8 Å². The van der Waals surface area contributed by atoms with E-state index >= 15 is 0 Å². The van der Waals surface area contributed by atoms with Gasteiger partial charge in [0.15, 0.2) is 0 Å². The smallest absolute Gasteiger partial charge is 0.338 e. The van der Waals surface area contributed by atoms with Crippen LogP contribution in [0.25, 0.3) is 0 Å². The van der Waals surface area contributed by atoms with Crippen LogP contribution in [0, 0.1) is 0 Å². The summed E-state index contributed by atoms with van der Waals surface area (Å²) in [5, 5.41) is 0. The molecule has 0 unspecified atom stereocenters. The normalized spacial score (nSPS) is 12.9. The zero-order valence-corrected chi connectivity index (χ0v) is 8.28. The largest absolute Gasteiger partial charge is 0.493 e. The fourth-order valence-corrected chi connectivity index (χ4v) is 1.67. The Morgan fingerprint density at radius 2 is 2.33 bits per heavy atom. The maximum absolute atomic E-state index is 11.3. The average molecular weight is 206 g/mol. The molecule has 4 heteroatoms. The van der Waals surface area contributed by atoms with Gasteiger partial charge in [-0.3, -0.25) is 4.79 Å². The number of methoxy groups -OCH3 is 1. The Morgan fingerprint density at radius 3 is 3.00 bits per heavy atom. The highest BCUT2D eigenvalue weighted by atomic mass is 16.5. The summed E-state index contributed by atoms with van der Waals surface area (Å²) < 4.78 is 9.89. The fraction of sp³-hybridized carbons (Fsp3) is 0.273. The molecule has 0 amide bonds. The molecule has 1 aromatic rings. The number of ether oxygens (including phenoxy) is 2. The van der Waals surface area contributed by atoms with Crippen LogP contribution in [0.3, 0.4) is 0 Å². The molecule has 0 spiro atoms. The molecule has 2 rings (SSSR count). The van der Waals surface area contributed by atoms with Gasteiger partial charge in [0.2, 0.25) is 0 Å². The van der Waals surface area contributed by atoms with Gasteiger partial charge in [-0.15, -0.1) is 0 Å². The van der Waals surface area contributed by atoms with E-state index in [-0.39, 0.29) is 0 Å². The van der Waals surface area contributed by atoms with E-state index < -0.39 is 5.97 Å². The van der Waals surface area contributed by atoms with Crippen LogP contribution in [0.4, 0.5) is 0 Å². The number of aldehydes is 1. The number of hydrogen-bond donors (Lipinski definition) is 0. The molecule has 0 saturated carbocycles. The number of esters is 1. The van der Waals surface area contributed by atoms with Gasteiger partial charge in [-0.2, -0.15) is 0 Å². The minimum absolute atomic E-state index is 0.347. The Kier molecular flexibility index (Phi) is 2.41. The molecule has 4 nitrogen and oxygen atoms in total. The number of carbonyl (C=O) groups is 2. The summed E-state index contributed by atoms with van der Waals surface area (Å²) in [5.41, 5.74) is 1.73. The minimum Gasteiger partial charge on any atom is -0.493 e. The van der Waals surface area contributed by atoms with Crippen molar-refractivity contribution in [3.63, 3.8) is 0 Å². The zero-order valence-electron chi connectivity index (χ0n) is 8.28. The summed E-state index contributed by atoms with van der Waals surface area (Å²) >= 11 is 0. The Morgan fingerprint density at radius 1 is 1.53 bits per heavy atom. The van der Waals surface area contributed by atoms with Gasteiger partial charge in [-0.25, -0.2) is 4.79 Å². The first-order chi connectivity index (χ1) is 7.26. The predicted octanol–water partition coefficient (Wildman–Crippen LogP) is 1.22. The maximum Gasteiger partial charge on any atom is 0.338 e. The molecule has 1 aromatic carbocycles. The first kappa shape index (κ1) is 9.71. The van der Waals surface area contributed by atoms with Crippen molar-refractivity contribution in [2.45, 2.75) is 6.42 Å². The first-order valence-corrected chi connectivity index (χ1v) is 4.59. The van der Waals surface area contributed by atoms with E-state index in [0.717, 1.165) is 11.8 Å². The third-order valence-electron chi connectivity index (χ3n) is 2.40. The molecule has 78 valence electrons. The summed E-state index contributed by atoms with van der Waals surface area (Å²) in [6, 6.07) is 3.15. The Labute approximate surface area is 86.8 Å². The monoisotopic (exact) mass is 206 g/mol. The molecule has 0 saturated heterocycles. The summed E-state index contributed by atoms with van der Waals surface area (Å²) in [6.45, 7) is 0.556. The lowest BCUT2D eigenvalue weighted by Gasteiger charge is -2.05. The van der Waals surface area contributed by atoms with Crippen molar-refractivity contribution in [2.75, 3.05) is 13.7 Å². The van der Waals surface area contributed by atoms with Gasteiger partial charge in [-0.1, -0.05) is 0 Å². The maximum atomic E-state index is 11.3. The molecule has 15 heavy (non-hydrogen) atoms. The van der Waals surface area contributed by atoms with Gasteiger partial charge in [0.25, 0.3) is 0 Å². The van der Waals surface area contributed by atoms with E-state index in [4.69, 9.17) is 4.74 Å². The number of fused-ring (bicyclic) bond motifs is 1. The number of hydrogen-bond acceptors (Lipinski definition) is 4. The summed E-state index contributed by atoms with van der Waals surface area (Å²) in [6.07, 6.45) is 1.45. The number of benzene rings is 1. The molecule has 1 heterocycles. The molecule has 0 aliphatic carbocycles. The van der Waals surface area contributed by atoms with Gasteiger partial charge in [-0.05, 0) is 12.1 Å². The second-order valence-electron chi connectivity index (χ2n) is 3.25. The summed E-state index contributed by atoms with van der Waals surface area (Å²) in [7, 11) is 1.30. The van der Waals surface area contributed by atoms with Crippen LogP contribution in [-0.2, 0) is 11.2 Å². The minimum atomic E-state index is -0.462. The van der Waals surface area contributed by atoms with Gasteiger partial charge in [0.1, 0.15) is 12.0 Å². The molecule has 0 aromatic heterocycles. The van der Waals surface area contributed by atoms with Crippen LogP contribution in [0.5, 0.6) is 5.75 Å². The van der Waals surface area contributed by atoms with Crippen molar-refractivity contribution in [1.82, 2.24) is 0 Å². The third kappa shape index (κ3) is 1.58. The Bertz CT molecular complexity index is 423. The molecule has 0 fully saturated rings. The van der Waals surface area contributed by atoms with E-state index in [1.807, 2.05) is 0 Å². The van der Waals surface area contributed by atoms with Gasteiger partial charge < -0.3 is 9.47 Å². The molecule has 1 aliphatic heterocycles. The first-order valence-electron chi connectivity index (χ1n) is 4.59. The lowest BCUT2D eigenvalue weighted by molar-refractivity contribution is 0.0600. The number of rotatable bonds is 2. The summed E-state index contributed by atoms with van der Waals surface area (Å²) in [5.74, 6) is 0.149. The average Bonchev–Trinajstić information content (AvgIpc) is 2.74. The van der Waals surface area contributed by atoms with Crippen LogP contribution in [0.1, 0.15) is 26.3 Å². The Balaban J connectivity index is 2.52. The fourth-order valence-electron chi connectivity index (χ4n) is 1.67. The van der Waals surface area contributed by atoms with Crippen LogP contribution in [0.15, 0.2) is 12.1 Å². The van der Waals surface area contributed by atoms with E-state index in [0.29, 0.717) is 29.9 Å².